The van der Waals surface area contributed by atoms with E-state index < -0.39 is 0 Å². The number of rotatable bonds is 7. The summed E-state index contributed by atoms with van der Waals surface area (Å²) in [6.45, 7) is 7.74. The molecule has 2 heterocycles. The quantitative estimate of drug-likeness (QED) is 0.708. The summed E-state index contributed by atoms with van der Waals surface area (Å²) in [4.78, 5) is 15.9. The second-order valence-electron chi connectivity index (χ2n) is 6.08. The van der Waals surface area contributed by atoms with E-state index in [4.69, 9.17) is 4.74 Å². The summed E-state index contributed by atoms with van der Waals surface area (Å²) < 4.78 is 7.48. The van der Waals surface area contributed by atoms with Crippen LogP contribution in [0.4, 0.5) is 11.6 Å². The third kappa shape index (κ3) is 4.77. The number of hydrogen-bond acceptors (Lipinski definition) is 7. The Morgan fingerprint density at radius 1 is 1.30 bits per heavy atom. The van der Waals surface area contributed by atoms with Crippen molar-refractivity contribution in [3.8, 4) is 0 Å². The molecule has 1 aliphatic heterocycles. The largest absolute Gasteiger partial charge is 0.378 e. The van der Waals surface area contributed by atoms with Crippen molar-refractivity contribution in [3.05, 3.63) is 24.3 Å². The Balaban J connectivity index is 1.69. The van der Waals surface area contributed by atoms with Gasteiger partial charge in [-0.15, -0.1) is 22.0 Å². The molecule has 1 aliphatic rings. The normalized spacial score (nSPS) is 15.6. The first-order chi connectivity index (χ1) is 13.1. The summed E-state index contributed by atoms with van der Waals surface area (Å²) >= 11 is 3.05. The van der Waals surface area contributed by atoms with Crippen molar-refractivity contribution >= 4 is 41.1 Å². The summed E-state index contributed by atoms with van der Waals surface area (Å²) in [5.41, 5.74) is 0.841. The third-order valence-electron chi connectivity index (χ3n) is 4.32. The number of carbonyl (C=O) groups is 1. The van der Waals surface area contributed by atoms with Crippen molar-refractivity contribution in [2.75, 3.05) is 42.8 Å². The first-order valence-electron chi connectivity index (χ1n) is 9.00. The highest BCUT2D eigenvalue weighted by atomic mass is 32.2. The molecule has 0 radical (unpaired) electrons. The van der Waals surface area contributed by atoms with Crippen LogP contribution in [-0.4, -0.2) is 58.5 Å². The molecule has 27 heavy (non-hydrogen) atoms. The number of anilines is 2. The molecule has 1 atom stereocenters. The number of hydrogen-bond donors (Lipinski definition) is 1. The Morgan fingerprint density at radius 3 is 2.74 bits per heavy atom. The molecule has 0 saturated carbocycles. The van der Waals surface area contributed by atoms with Crippen molar-refractivity contribution in [2.24, 2.45) is 0 Å². The zero-order valence-corrected chi connectivity index (χ0v) is 17.5. The van der Waals surface area contributed by atoms with Gasteiger partial charge < -0.3 is 15.0 Å². The van der Waals surface area contributed by atoms with Gasteiger partial charge in [0.15, 0.2) is 5.16 Å². The summed E-state index contributed by atoms with van der Waals surface area (Å²) in [7, 11) is 0. The number of ether oxygens (including phenoxy) is 1. The van der Waals surface area contributed by atoms with Gasteiger partial charge in [0, 0.05) is 24.5 Å². The maximum absolute atomic E-state index is 12.7. The molecule has 0 aliphatic carbocycles. The van der Waals surface area contributed by atoms with Gasteiger partial charge in [0.1, 0.15) is 0 Å². The second-order valence-corrected chi connectivity index (χ2v) is 8.23. The fourth-order valence-corrected chi connectivity index (χ4v) is 4.30. The lowest BCUT2D eigenvalue weighted by molar-refractivity contribution is -0.115. The van der Waals surface area contributed by atoms with Crippen LogP contribution in [0.25, 0.3) is 0 Å². The van der Waals surface area contributed by atoms with E-state index >= 15 is 0 Å². The predicted molar refractivity (Wildman–Crippen MR) is 111 cm³/mol. The number of amides is 1. The molecule has 0 bridgehead atoms. The van der Waals surface area contributed by atoms with Crippen LogP contribution in [0.2, 0.25) is 0 Å². The number of nitrogens with one attached hydrogen (secondary N) is 1. The van der Waals surface area contributed by atoms with Gasteiger partial charge in [0.2, 0.25) is 11.9 Å². The highest BCUT2D eigenvalue weighted by molar-refractivity contribution is 8.00. The molecule has 1 aromatic heterocycles. The summed E-state index contributed by atoms with van der Waals surface area (Å²) in [6, 6.07) is 7.82. The Kier molecular flexibility index (Phi) is 7.03. The van der Waals surface area contributed by atoms with Crippen LogP contribution in [0.5, 0.6) is 0 Å². The minimum Gasteiger partial charge on any atom is -0.378 e. The molecule has 1 saturated heterocycles. The first kappa shape index (κ1) is 20.0. The van der Waals surface area contributed by atoms with Crippen molar-refractivity contribution in [1.82, 2.24) is 14.8 Å². The van der Waals surface area contributed by atoms with Gasteiger partial charge in [-0.25, -0.2) is 0 Å². The van der Waals surface area contributed by atoms with Gasteiger partial charge >= 0.3 is 0 Å². The fourth-order valence-electron chi connectivity index (χ4n) is 2.84. The Labute approximate surface area is 168 Å². The van der Waals surface area contributed by atoms with Gasteiger partial charge in [0.25, 0.3) is 0 Å². The van der Waals surface area contributed by atoms with Crippen LogP contribution in [0.3, 0.4) is 0 Å². The molecule has 0 spiro atoms. The number of para-hydroxylation sites is 1. The molecule has 1 unspecified atom stereocenters. The number of morpholine rings is 1. The third-order valence-corrected chi connectivity index (χ3v) is 6.20. The van der Waals surface area contributed by atoms with Crippen LogP contribution in [0.1, 0.15) is 13.8 Å². The van der Waals surface area contributed by atoms with Gasteiger partial charge in [0.05, 0.1) is 24.2 Å². The standard InChI is InChI=1S/C18H25N5O2S2/c1-4-23-17(22-9-11-25-12-10-22)20-21-18(23)27-13(2)16(24)19-14-7-5-6-8-15(14)26-3/h5-8,13H,4,9-12H2,1-3H3,(H,19,24). The van der Waals surface area contributed by atoms with E-state index in [1.54, 1.807) is 11.8 Å². The summed E-state index contributed by atoms with van der Waals surface area (Å²) in [5, 5.41) is 12.2. The molecule has 9 heteroatoms. The zero-order valence-electron chi connectivity index (χ0n) is 15.8. The Morgan fingerprint density at radius 2 is 2.04 bits per heavy atom. The molecule has 2 aromatic rings. The highest BCUT2D eigenvalue weighted by Crippen LogP contribution is 2.29. The SMILES string of the molecule is CCn1c(SC(C)C(=O)Nc2ccccc2SC)nnc1N1CCOCC1. The van der Waals surface area contributed by atoms with E-state index in [0.717, 1.165) is 41.3 Å². The molecule has 7 nitrogen and oxygen atoms in total. The molecule has 1 fully saturated rings. The average molecular weight is 408 g/mol. The minimum atomic E-state index is -0.285. The maximum Gasteiger partial charge on any atom is 0.237 e. The summed E-state index contributed by atoms with van der Waals surface area (Å²) in [5.74, 6) is 0.809. The molecule has 1 aromatic carbocycles. The fraction of sp³-hybridized carbons (Fsp3) is 0.500. The van der Waals surface area contributed by atoms with Gasteiger partial charge in [-0.1, -0.05) is 23.9 Å². The topological polar surface area (TPSA) is 72.3 Å². The average Bonchev–Trinajstić information content (AvgIpc) is 3.11. The number of aromatic nitrogens is 3. The van der Waals surface area contributed by atoms with Gasteiger partial charge in [-0.3, -0.25) is 9.36 Å². The Bertz CT molecular complexity index is 777. The molecule has 146 valence electrons. The van der Waals surface area contributed by atoms with E-state index in [2.05, 4.69) is 31.9 Å². The minimum absolute atomic E-state index is 0.0416. The van der Waals surface area contributed by atoms with Crippen LogP contribution in [-0.2, 0) is 16.1 Å². The summed E-state index contributed by atoms with van der Waals surface area (Å²) in [6.07, 6.45) is 2.00. The van der Waals surface area contributed by atoms with Crippen molar-refractivity contribution < 1.29 is 9.53 Å². The van der Waals surface area contributed by atoms with Crippen LogP contribution >= 0.6 is 23.5 Å². The van der Waals surface area contributed by atoms with Crippen LogP contribution in [0, 0.1) is 0 Å². The molecule has 3 rings (SSSR count). The van der Waals surface area contributed by atoms with E-state index in [1.165, 1.54) is 11.8 Å². The molecule has 1 N–H and O–H groups in total. The first-order valence-corrected chi connectivity index (χ1v) is 11.1. The van der Waals surface area contributed by atoms with E-state index in [-0.39, 0.29) is 11.2 Å². The van der Waals surface area contributed by atoms with Crippen molar-refractivity contribution in [3.63, 3.8) is 0 Å². The van der Waals surface area contributed by atoms with Gasteiger partial charge in [-0.05, 0) is 32.2 Å². The number of carbonyl (C=O) groups excluding carboxylic acids is 1. The number of thioether (sulfide) groups is 2. The van der Waals surface area contributed by atoms with E-state index in [0.29, 0.717) is 13.2 Å². The van der Waals surface area contributed by atoms with Crippen molar-refractivity contribution in [2.45, 2.75) is 35.7 Å². The predicted octanol–water partition coefficient (Wildman–Crippen LogP) is 2.98. The lowest BCUT2D eigenvalue weighted by atomic mass is 10.3. The van der Waals surface area contributed by atoms with Crippen LogP contribution in [0.15, 0.2) is 34.3 Å². The molecular weight excluding hydrogens is 382 g/mol. The Hall–Kier alpha value is -1.71. The van der Waals surface area contributed by atoms with E-state index in [1.807, 2.05) is 37.4 Å². The maximum atomic E-state index is 12.7. The lowest BCUT2D eigenvalue weighted by Gasteiger charge is -2.27. The second kappa shape index (κ2) is 9.48. The smallest absolute Gasteiger partial charge is 0.237 e. The van der Waals surface area contributed by atoms with Crippen LogP contribution < -0.4 is 10.2 Å². The monoisotopic (exact) mass is 407 g/mol. The lowest BCUT2D eigenvalue weighted by Crippen LogP contribution is -2.38. The van der Waals surface area contributed by atoms with Crippen molar-refractivity contribution in [1.29, 1.82) is 0 Å². The number of nitrogens with zero attached hydrogens (tertiary/aromatic N) is 4. The van der Waals surface area contributed by atoms with Gasteiger partial charge in [-0.2, -0.15) is 0 Å². The number of benzene rings is 1. The van der Waals surface area contributed by atoms with E-state index in [9.17, 15) is 4.79 Å². The molecular formula is C18H25N5O2S2. The molecule has 1 amide bonds. The highest BCUT2D eigenvalue weighted by Gasteiger charge is 2.23. The zero-order chi connectivity index (χ0) is 19.2.